The molecule has 1 aromatic heterocycles. The summed E-state index contributed by atoms with van der Waals surface area (Å²) in [5.74, 6) is -0.567. The lowest BCUT2D eigenvalue weighted by Gasteiger charge is -2.12. The van der Waals surface area contributed by atoms with E-state index >= 15 is 0 Å². The number of carbonyl (C=O) groups is 1. The van der Waals surface area contributed by atoms with Gasteiger partial charge in [0.15, 0.2) is 0 Å². The Morgan fingerprint density at radius 2 is 2.00 bits per heavy atom. The van der Waals surface area contributed by atoms with Gasteiger partial charge in [0, 0.05) is 5.56 Å². The molecule has 1 heterocycles. The summed E-state index contributed by atoms with van der Waals surface area (Å²) in [5, 5.41) is 17.8. The first-order chi connectivity index (χ1) is 11.1. The maximum absolute atomic E-state index is 12.1. The summed E-state index contributed by atoms with van der Waals surface area (Å²) in [5.41, 5.74) is 0.334. The van der Waals surface area contributed by atoms with Crippen LogP contribution in [0.15, 0.2) is 41.2 Å². The Kier molecular flexibility index (Phi) is 6.56. The van der Waals surface area contributed by atoms with Gasteiger partial charge < -0.3 is 9.84 Å². The molecule has 6 nitrogen and oxygen atoms in total. The van der Waals surface area contributed by atoms with Crippen LogP contribution in [0.5, 0.6) is 5.75 Å². The van der Waals surface area contributed by atoms with Crippen molar-refractivity contribution >= 4 is 5.97 Å². The fourth-order valence-corrected chi connectivity index (χ4v) is 1.99. The molecule has 0 saturated carbocycles. The molecule has 2 rings (SSSR count). The summed E-state index contributed by atoms with van der Waals surface area (Å²) in [6, 6.07) is 11.6. The number of aliphatic carboxylic acids is 1. The Labute approximate surface area is 134 Å². The molecule has 0 aliphatic heterocycles. The monoisotopic (exact) mass is 314 g/mol. The predicted octanol–water partition coefficient (Wildman–Crippen LogP) is 2.51. The second kappa shape index (κ2) is 8.39. The van der Waals surface area contributed by atoms with E-state index in [1.807, 2.05) is 13.8 Å². The molecule has 0 spiro atoms. The molecular formula is C17H18N2O4. The normalized spacial score (nSPS) is 9.30. The highest BCUT2D eigenvalue weighted by Crippen LogP contribution is 2.23. The summed E-state index contributed by atoms with van der Waals surface area (Å²) in [6.45, 7) is 3.49. The Hall–Kier alpha value is -3.07. The second-order valence-corrected chi connectivity index (χ2v) is 4.26. The van der Waals surface area contributed by atoms with Crippen molar-refractivity contribution in [3.63, 3.8) is 0 Å². The van der Waals surface area contributed by atoms with Crippen molar-refractivity contribution in [3.05, 3.63) is 52.3 Å². The minimum absolute atomic E-state index is 0.0945. The number of carboxylic acid groups (broad SMARTS) is 1. The maximum Gasteiger partial charge on any atom is 0.323 e. The van der Waals surface area contributed by atoms with Gasteiger partial charge in [-0.1, -0.05) is 26.0 Å². The smallest absolute Gasteiger partial charge is 0.323 e. The number of ether oxygens (including phenoxy) is 1. The lowest BCUT2D eigenvalue weighted by Crippen LogP contribution is -2.27. The van der Waals surface area contributed by atoms with Crippen LogP contribution in [0.25, 0.3) is 11.3 Å². The van der Waals surface area contributed by atoms with Gasteiger partial charge in [-0.25, -0.2) is 0 Å². The quantitative estimate of drug-likeness (QED) is 0.936. The van der Waals surface area contributed by atoms with Crippen LogP contribution < -0.4 is 10.3 Å². The molecule has 6 heteroatoms. The SMILES string of the molecule is CC.COc1cccc(-c2ccc(C#N)c(=O)n2CC(=O)O)c1. The van der Waals surface area contributed by atoms with Crippen molar-refractivity contribution in [2.24, 2.45) is 0 Å². The Bertz CT molecular complexity index is 788. The zero-order chi connectivity index (χ0) is 17.4. The minimum Gasteiger partial charge on any atom is -0.497 e. The Morgan fingerprint density at radius 1 is 1.30 bits per heavy atom. The van der Waals surface area contributed by atoms with Gasteiger partial charge in [-0.15, -0.1) is 0 Å². The molecule has 0 bridgehead atoms. The van der Waals surface area contributed by atoms with Crippen LogP contribution in [0.4, 0.5) is 0 Å². The molecule has 0 radical (unpaired) electrons. The second-order valence-electron chi connectivity index (χ2n) is 4.26. The van der Waals surface area contributed by atoms with E-state index in [0.717, 1.165) is 4.57 Å². The summed E-state index contributed by atoms with van der Waals surface area (Å²) in [4.78, 5) is 23.1. The van der Waals surface area contributed by atoms with Gasteiger partial charge in [0.05, 0.1) is 12.8 Å². The zero-order valence-electron chi connectivity index (χ0n) is 13.2. The van der Waals surface area contributed by atoms with Crippen LogP contribution in [0, 0.1) is 11.3 Å². The third-order valence-electron chi connectivity index (χ3n) is 2.95. The van der Waals surface area contributed by atoms with Crippen molar-refractivity contribution in [1.29, 1.82) is 5.26 Å². The van der Waals surface area contributed by atoms with Gasteiger partial charge in [-0.2, -0.15) is 5.26 Å². The van der Waals surface area contributed by atoms with E-state index in [0.29, 0.717) is 17.0 Å². The van der Waals surface area contributed by atoms with E-state index in [-0.39, 0.29) is 5.56 Å². The van der Waals surface area contributed by atoms with E-state index in [1.165, 1.54) is 13.2 Å². The molecule has 0 saturated heterocycles. The van der Waals surface area contributed by atoms with Crippen molar-refractivity contribution in [2.45, 2.75) is 20.4 Å². The number of carboxylic acids is 1. The van der Waals surface area contributed by atoms with E-state index in [4.69, 9.17) is 15.1 Å². The van der Waals surface area contributed by atoms with Crippen LogP contribution in [-0.4, -0.2) is 22.8 Å². The van der Waals surface area contributed by atoms with Gasteiger partial charge in [-0.3, -0.25) is 14.2 Å². The molecule has 0 fully saturated rings. The molecular weight excluding hydrogens is 296 g/mol. The molecule has 0 aliphatic carbocycles. The number of hydrogen-bond acceptors (Lipinski definition) is 4. The molecule has 1 aromatic carbocycles. The van der Waals surface area contributed by atoms with Crippen molar-refractivity contribution in [1.82, 2.24) is 4.57 Å². The number of aromatic nitrogens is 1. The number of pyridine rings is 1. The highest BCUT2D eigenvalue weighted by molar-refractivity contribution is 5.69. The fourth-order valence-electron chi connectivity index (χ4n) is 1.99. The van der Waals surface area contributed by atoms with Gasteiger partial charge in [0.25, 0.3) is 5.56 Å². The van der Waals surface area contributed by atoms with Crippen LogP contribution in [0.1, 0.15) is 19.4 Å². The van der Waals surface area contributed by atoms with Gasteiger partial charge in [0.2, 0.25) is 0 Å². The van der Waals surface area contributed by atoms with E-state index in [2.05, 4.69) is 0 Å². The number of hydrogen-bond donors (Lipinski definition) is 1. The first-order valence-electron chi connectivity index (χ1n) is 7.07. The van der Waals surface area contributed by atoms with Gasteiger partial charge in [-0.05, 0) is 24.3 Å². The van der Waals surface area contributed by atoms with Crippen LogP contribution in [0.3, 0.4) is 0 Å². The first-order valence-corrected chi connectivity index (χ1v) is 7.07. The summed E-state index contributed by atoms with van der Waals surface area (Å²) in [7, 11) is 1.52. The largest absolute Gasteiger partial charge is 0.497 e. The first kappa shape index (κ1) is 18.0. The van der Waals surface area contributed by atoms with Crippen molar-refractivity contribution in [2.75, 3.05) is 7.11 Å². The number of nitrogens with zero attached hydrogens (tertiary/aromatic N) is 2. The zero-order valence-corrected chi connectivity index (χ0v) is 13.2. The third-order valence-corrected chi connectivity index (χ3v) is 2.95. The predicted molar refractivity (Wildman–Crippen MR) is 86.4 cm³/mol. The molecule has 0 aliphatic rings. The van der Waals surface area contributed by atoms with Crippen molar-refractivity contribution in [3.8, 4) is 23.1 Å². The van der Waals surface area contributed by atoms with E-state index in [1.54, 1.807) is 36.4 Å². The molecule has 120 valence electrons. The third kappa shape index (κ3) is 4.20. The fraction of sp³-hybridized carbons (Fsp3) is 0.235. The highest BCUT2D eigenvalue weighted by Gasteiger charge is 2.13. The summed E-state index contributed by atoms with van der Waals surface area (Å²) < 4.78 is 6.18. The average molecular weight is 314 g/mol. The maximum atomic E-state index is 12.1. The van der Waals surface area contributed by atoms with Gasteiger partial charge >= 0.3 is 5.97 Å². The molecule has 2 aromatic rings. The highest BCUT2D eigenvalue weighted by atomic mass is 16.5. The standard InChI is InChI=1S/C15H12N2O4.C2H6/c1-21-12-4-2-3-10(7-12)13-6-5-11(8-16)15(20)17(13)9-14(18)19;1-2/h2-7H,9H2,1H3,(H,18,19);1-2H3. The number of nitriles is 1. The van der Waals surface area contributed by atoms with Crippen LogP contribution in [-0.2, 0) is 11.3 Å². The number of benzene rings is 1. The number of rotatable bonds is 4. The van der Waals surface area contributed by atoms with E-state index < -0.39 is 18.1 Å². The lowest BCUT2D eigenvalue weighted by atomic mass is 10.1. The topological polar surface area (TPSA) is 92.3 Å². The molecule has 23 heavy (non-hydrogen) atoms. The molecule has 0 unspecified atom stereocenters. The summed E-state index contributed by atoms with van der Waals surface area (Å²) in [6.07, 6.45) is 0. The lowest BCUT2D eigenvalue weighted by molar-refractivity contribution is -0.137. The Balaban J connectivity index is 0.00000127. The average Bonchev–Trinajstić information content (AvgIpc) is 2.58. The van der Waals surface area contributed by atoms with Crippen LogP contribution >= 0.6 is 0 Å². The Morgan fingerprint density at radius 3 is 2.57 bits per heavy atom. The van der Waals surface area contributed by atoms with E-state index in [9.17, 15) is 9.59 Å². The van der Waals surface area contributed by atoms with Crippen LogP contribution in [0.2, 0.25) is 0 Å². The molecule has 1 N–H and O–H groups in total. The number of methoxy groups -OCH3 is 1. The summed E-state index contributed by atoms with van der Waals surface area (Å²) >= 11 is 0. The van der Waals surface area contributed by atoms with Crippen molar-refractivity contribution < 1.29 is 14.6 Å². The molecule has 0 atom stereocenters. The van der Waals surface area contributed by atoms with Gasteiger partial charge in [0.1, 0.15) is 23.9 Å². The minimum atomic E-state index is -1.16. The molecule has 0 amide bonds.